The number of carboxylic acids is 2. The summed E-state index contributed by atoms with van der Waals surface area (Å²) in [6.07, 6.45) is 1.93. The molecule has 2 aromatic rings. The number of aromatic carboxylic acids is 1. The fourth-order valence-electron chi connectivity index (χ4n) is 1.70. The molecule has 5 nitrogen and oxygen atoms in total. The summed E-state index contributed by atoms with van der Waals surface area (Å²) in [4.78, 5) is 23.9. The normalized spacial score (nSPS) is 11.2. The summed E-state index contributed by atoms with van der Waals surface area (Å²) in [5, 5.41) is 17.9. The number of benzene rings is 1. The van der Waals surface area contributed by atoms with Crippen LogP contribution in [-0.2, 0) is 4.79 Å². The molecular formula is C12H8FNO4. The summed E-state index contributed by atoms with van der Waals surface area (Å²) in [5.41, 5.74) is -0.0630. The van der Waals surface area contributed by atoms with Gasteiger partial charge in [-0.25, -0.2) is 14.0 Å². The lowest BCUT2D eigenvalue weighted by Gasteiger charge is -1.93. The van der Waals surface area contributed by atoms with E-state index >= 15 is 0 Å². The molecule has 1 heterocycles. The topological polar surface area (TPSA) is 90.4 Å². The molecule has 3 N–H and O–H groups in total. The molecule has 0 fully saturated rings. The first-order chi connectivity index (χ1) is 8.50. The SMILES string of the molecule is O=C(O)/C=C\c1c(C(=O)O)[nH]c2c(F)cccc12. The molecule has 0 radical (unpaired) electrons. The van der Waals surface area contributed by atoms with Gasteiger partial charge in [-0.3, -0.25) is 0 Å². The van der Waals surface area contributed by atoms with Gasteiger partial charge in [0.1, 0.15) is 11.5 Å². The Hall–Kier alpha value is -2.63. The van der Waals surface area contributed by atoms with Gasteiger partial charge in [0, 0.05) is 17.0 Å². The van der Waals surface area contributed by atoms with Crippen molar-refractivity contribution >= 4 is 28.9 Å². The molecule has 1 aromatic heterocycles. The molecule has 6 heteroatoms. The van der Waals surface area contributed by atoms with Gasteiger partial charge < -0.3 is 15.2 Å². The van der Waals surface area contributed by atoms with E-state index in [1.807, 2.05) is 0 Å². The first kappa shape index (κ1) is 11.8. The van der Waals surface area contributed by atoms with Crippen molar-refractivity contribution in [3.8, 4) is 0 Å². The molecule has 0 spiro atoms. The molecule has 0 unspecified atom stereocenters. The molecule has 92 valence electrons. The summed E-state index contributed by atoms with van der Waals surface area (Å²) in [6, 6.07) is 4.13. The number of H-pyrrole nitrogens is 1. The van der Waals surface area contributed by atoms with Gasteiger partial charge >= 0.3 is 11.9 Å². The largest absolute Gasteiger partial charge is 0.478 e. The van der Waals surface area contributed by atoms with Crippen LogP contribution < -0.4 is 0 Å². The number of halogens is 1. The summed E-state index contributed by atoms with van der Waals surface area (Å²) in [6.45, 7) is 0. The predicted octanol–water partition coefficient (Wildman–Crippen LogP) is 2.10. The van der Waals surface area contributed by atoms with E-state index in [1.165, 1.54) is 18.2 Å². The summed E-state index contributed by atoms with van der Waals surface area (Å²) >= 11 is 0. The number of carboxylic acid groups (broad SMARTS) is 2. The van der Waals surface area contributed by atoms with Crippen molar-refractivity contribution in [1.29, 1.82) is 0 Å². The second-order valence-corrected chi connectivity index (χ2v) is 3.55. The molecule has 0 saturated heterocycles. The van der Waals surface area contributed by atoms with Crippen LogP contribution in [-0.4, -0.2) is 27.1 Å². The van der Waals surface area contributed by atoms with Crippen molar-refractivity contribution in [2.75, 3.05) is 0 Å². The molecule has 0 aliphatic rings. The third kappa shape index (κ3) is 1.95. The fraction of sp³-hybridized carbons (Fsp3) is 0. The van der Waals surface area contributed by atoms with E-state index in [0.717, 1.165) is 12.2 Å². The highest BCUT2D eigenvalue weighted by molar-refractivity contribution is 6.03. The van der Waals surface area contributed by atoms with E-state index in [2.05, 4.69) is 4.98 Å². The van der Waals surface area contributed by atoms with E-state index in [9.17, 15) is 14.0 Å². The standard InChI is InChI=1S/C12H8FNO4/c13-8-3-1-2-6-7(4-5-9(15)16)11(12(17)18)14-10(6)8/h1-5,14H,(H,15,16)(H,17,18)/b5-4-. The maximum Gasteiger partial charge on any atom is 0.352 e. The van der Waals surface area contributed by atoms with Crippen molar-refractivity contribution in [3.63, 3.8) is 0 Å². The van der Waals surface area contributed by atoms with Gasteiger partial charge in [-0.1, -0.05) is 12.1 Å². The second-order valence-electron chi connectivity index (χ2n) is 3.55. The number of fused-ring (bicyclic) bond motifs is 1. The zero-order valence-electron chi connectivity index (χ0n) is 8.98. The Morgan fingerprint density at radius 3 is 2.61 bits per heavy atom. The Labute approximate surface area is 100 Å². The number of aliphatic carboxylic acids is 1. The van der Waals surface area contributed by atoms with Gasteiger partial charge in [-0.2, -0.15) is 0 Å². The smallest absolute Gasteiger partial charge is 0.352 e. The predicted molar refractivity (Wildman–Crippen MR) is 61.9 cm³/mol. The second kappa shape index (κ2) is 4.33. The lowest BCUT2D eigenvalue weighted by molar-refractivity contribution is -0.131. The number of aromatic nitrogens is 1. The van der Waals surface area contributed by atoms with Crippen LogP contribution in [0.4, 0.5) is 4.39 Å². The Balaban J connectivity index is 2.75. The molecule has 0 aliphatic heterocycles. The van der Waals surface area contributed by atoms with Crippen molar-refractivity contribution in [1.82, 2.24) is 4.98 Å². The van der Waals surface area contributed by atoms with Crippen molar-refractivity contribution in [2.45, 2.75) is 0 Å². The van der Waals surface area contributed by atoms with Gasteiger partial charge in [0.15, 0.2) is 0 Å². The summed E-state index contributed by atoms with van der Waals surface area (Å²) in [7, 11) is 0. The van der Waals surface area contributed by atoms with Crippen LogP contribution >= 0.6 is 0 Å². The van der Waals surface area contributed by atoms with Gasteiger partial charge in [0.25, 0.3) is 0 Å². The van der Waals surface area contributed by atoms with E-state index < -0.39 is 17.8 Å². The number of nitrogens with one attached hydrogen (secondary N) is 1. The van der Waals surface area contributed by atoms with Gasteiger partial charge in [-0.05, 0) is 12.1 Å². The van der Waals surface area contributed by atoms with E-state index in [1.54, 1.807) is 0 Å². The Morgan fingerprint density at radius 1 is 1.28 bits per heavy atom. The minimum Gasteiger partial charge on any atom is -0.478 e. The number of aromatic amines is 1. The minimum atomic E-state index is -1.28. The monoisotopic (exact) mass is 249 g/mol. The molecule has 0 atom stereocenters. The zero-order valence-corrected chi connectivity index (χ0v) is 8.98. The number of hydrogen-bond acceptors (Lipinski definition) is 2. The Bertz CT molecular complexity index is 672. The zero-order chi connectivity index (χ0) is 13.3. The molecule has 0 aliphatic carbocycles. The maximum atomic E-state index is 13.5. The quantitative estimate of drug-likeness (QED) is 0.726. The molecule has 1 aromatic carbocycles. The van der Waals surface area contributed by atoms with Crippen LogP contribution in [0.5, 0.6) is 0 Å². The molecule has 18 heavy (non-hydrogen) atoms. The van der Waals surface area contributed by atoms with E-state index in [0.29, 0.717) is 5.39 Å². The molecule has 0 saturated carbocycles. The third-order valence-corrected chi connectivity index (χ3v) is 2.43. The van der Waals surface area contributed by atoms with E-state index in [-0.39, 0.29) is 16.8 Å². The Morgan fingerprint density at radius 2 is 2.00 bits per heavy atom. The molecular weight excluding hydrogens is 241 g/mol. The average molecular weight is 249 g/mol. The van der Waals surface area contributed by atoms with Gasteiger partial charge in [-0.15, -0.1) is 0 Å². The first-order valence-electron chi connectivity index (χ1n) is 4.95. The maximum absolute atomic E-state index is 13.5. The lowest BCUT2D eigenvalue weighted by atomic mass is 10.1. The van der Waals surface area contributed by atoms with Crippen molar-refractivity contribution in [2.24, 2.45) is 0 Å². The minimum absolute atomic E-state index is 0.0416. The first-order valence-corrected chi connectivity index (χ1v) is 4.95. The van der Waals surface area contributed by atoms with Crippen LogP contribution in [0.25, 0.3) is 17.0 Å². The van der Waals surface area contributed by atoms with Crippen LogP contribution in [0, 0.1) is 5.82 Å². The number of carbonyl (C=O) groups is 2. The van der Waals surface area contributed by atoms with Crippen LogP contribution in [0.15, 0.2) is 24.3 Å². The van der Waals surface area contributed by atoms with Crippen LogP contribution in [0.3, 0.4) is 0 Å². The lowest BCUT2D eigenvalue weighted by Crippen LogP contribution is -1.99. The average Bonchev–Trinajstić information content (AvgIpc) is 2.66. The summed E-state index contributed by atoms with van der Waals surface area (Å²) in [5.74, 6) is -3.09. The van der Waals surface area contributed by atoms with Crippen LogP contribution in [0.1, 0.15) is 16.1 Å². The van der Waals surface area contributed by atoms with Gasteiger partial charge in [0.05, 0.1) is 5.52 Å². The third-order valence-electron chi connectivity index (χ3n) is 2.43. The van der Waals surface area contributed by atoms with Crippen molar-refractivity contribution in [3.05, 3.63) is 41.3 Å². The fourth-order valence-corrected chi connectivity index (χ4v) is 1.70. The number of rotatable bonds is 3. The number of hydrogen-bond donors (Lipinski definition) is 3. The molecule has 2 rings (SSSR count). The highest BCUT2D eigenvalue weighted by Crippen LogP contribution is 2.25. The molecule has 0 amide bonds. The van der Waals surface area contributed by atoms with E-state index in [4.69, 9.17) is 10.2 Å². The molecule has 0 bridgehead atoms. The van der Waals surface area contributed by atoms with Crippen molar-refractivity contribution < 1.29 is 24.2 Å². The highest BCUT2D eigenvalue weighted by Gasteiger charge is 2.17. The van der Waals surface area contributed by atoms with Gasteiger partial charge in [0.2, 0.25) is 0 Å². The highest BCUT2D eigenvalue weighted by atomic mass is 19.1. The Kier molecular flexibility index (Phi) is 2.85. The summed E-state index contributed by atoms with van der Waals surface area (Å²) < 4.78 is 13.5. The van der Waals surface area contributed by atoms with Crippen LogP contribution in [0.2, 0.25) is 0 Å². The number of para-hydroxylation sites is 1.